The number of nitrogens with zero attached hydrogens (tertiary/aromatic N) is 2. The Balaban J connectivity index is 1.42. The van der Waals surface area contributed by atoms with Crippen LogP contribution < -0.4 is 5.32 Å². The summed E-state index contributed by atoms with van der Waals surface area (Å²) in [5.74, 6) is 0. The number of hydrogen-bond donors (Lipinski definition) is 1. The van der Waals surface area contributed by atoms with Crippen LogP contribution in [0.25, 0.3) is 0 Å². The van der Waals surface area contributed by atoms with E-state index in [4.69, 9.17) is 11.6 Å². The smallest absolute Gasteiger partial charge is 0.317 e. The molecule has 2 amide bonds. The van der Waals surface area contributed by atoms with E-state index in [9.17, 15) is 4.79 Å². The molecule has 1 unspecified atom stereocenters. The minimum Gasteiger partial charge on any atom is -0.338 e. The Kier molecular flexibility index (Phi) is 6.53. The average Bonchev–Trinajstić information content (AvgIpc) is 2.68. The highest BCUT2D eigenvalue weighted by atomic mass is 35.5. The lowest BCUT2D eigenvalue weighted by atomic mass is 10.1. The standard InChI is InChI=1S/C21H26ClN3O/c1-17(19-7-3-2-4-8-19)24-12-14-25(15-13-24)21(26)23-11-10-18-6-5-9-20(22)16-18/h2-9,16-17H,10-15H2,1H3,(H,23,26). The number of nitrogens with one attached hydrogen (secondary N) is 1. The zero-order valence-electron chi connectivity index (χ0n) is 15.2. The molecular formula is C21H26ClN3O. The third kappa shape index (κ3) is 4.99. The predicted molar refractivity (Wildman–Crippen MR) is 107 cm³/mol. The molecule has 3 rings (SSSR count). The fraction of sp³-hybridized carbons (Fsp3) is 0.381. The van der Waals surface area contributed by atoms with Crippen LogP contribution in [0.4, 0.5) is 4.79 Å². The summed E-state index contributed by atoms with van der Waals surface area (Å²) in [7, 11) is 0. The van der Waals surface area contributed by atoms with Gasteiger partial charge in [0.25, 0.3) is 0 Å². The maximum atomic E-state index is 12.4. The molecule has 1 aliphatic rings. The van der Waals surface area contributed by atoms with Crippen molar-refractivity contribution in [2.75, 3.05) is 32.7 Å². The van der Waals surface area contributed by atoms with Crippen molar-refractivity contribution in [1.82, 2.24) is 15.1 Å². The van der Waals surface area contributed by atoms with Gasteiger partial charge in [0.2, 0.25) is 0 Å². The van der Waals surface area contributed by atoms with Gasteiger partial charge in [-0.2, -0.15) is 0 Å². The summed E-state index contributed by atoms with van der Waals surface area (Å²) in [5, 5.41) is 3.76. The zero-order chi connectivity index (χ0) is 18.4. The summed E-state index contributed by atoms with van der Waals surface area (Å²) < 4.78 is 0. The van der Waals surface area contributed by atoms with Crippen molar-refractivity contribution >= 4 is 17.6 Å². The first-order chi connectivity index (χ1) is 12.6. The van der Waals surface area contributed by atoms with Gasteiger partial charge in [-0.3, -0.25) is 4.90 Å². The van der Waals surface area contributed by atoms with Crippen molar-refractivity contribution in [1.29, 1.82) is 0 Å². The molecule has 0 saturated carbocycles. The van der Waals surface area contributed by atoms with Gasteiger partial charge in [0.15, 0.2) is 0 Å². The molecule has 138 valence electrons. The van der Waals surface area contributed by atoms with Gasteiger partial charge in [-0.1, -0.05) is 54.1 Å². The fourth-order valence-electron chi connectivity index (χ4n) is 3.37. The van der Waals surface area contributed by atoms with Crippen LogP contribution in [-0.2, 0) is 6.42 Å². The SMILES string of the molecule is CC(c1ccccc1)N1CCN(C(=O)NCCc2cccc(Cl)c2)CC1. The minimum absolute atomic E-state index is 0.0269. The van der Waals surface area contributed by atoms with Crippen molar-refractivity contribution in [3.63, 3.8) is 0 Å². The minimum atomic E-state index is 0.0269. The number of benzene rings is 2. The molecule has 1 saturated heterocycles. The van der Waals surface area contributed by atoms with Gasteiger partial charge in [-0.05, 0) is 36.6 Å². The molecule has 2 aromatic carbocycles. The lowest BCUT2D eigenvalue weighted by molar-refractivity contribution is 0.114. The van der Waals surface area contributed by atoms with Crippen molar-refractivity contribution in [2.45, 2.75) is 19.4 Å². The van der Waals surface area contributed by atoms with Crippen LogP contribution >= 0.6 is 11.6 Å². The van der Waals surface area contributed by atoms with E-state index in [2.05, 4.69) is 41.4 Å². The molecule has 1 aliphatic heterocycles. The Bertz CT molecular complexity index is 714. The fourth-order valence-corrected chi connectivity index (χ4v) is 3.59. The molecule has 0 radical (unpaired) electrons. The predicted octanol–water partition coefficient (Wildman–Crippen LogP) is 3.97. The van der Waals surface area contributed by atoms with Crippen LogP contribution in [0.3, 0.4) is 0 Å². The van der Waals surface area contributed by atoms with E-state index in [0.29, 0.717) is 12.6 Å². The molecule has 26 heavy (non-hydrogen) atoms. The summed E-state index contributed by atoms with van der Waals surface area (Å²) in [6, 6.07) is 18.7. The Hall–Kier alpha value is -2.04. The molecular weight excluding hydrogens is 346 g/mol. The topological polar surface area (TPSA) is 35.6 Å². The van der Waals surface area contributed by atoms with Crippen LogP contribution in [-0.4, -0.2) is 48.6 Å². The molecule has 5 heteroatoms. The maximum absolute atomic E-state index is 12.4. The normalized spacial score (nSPS) is 16.3. The van der Waals surface area contributed by atoms with Crippen molar-refractivity contribution in [3.05, 3.63) is 70.7 Å². The molecule has 1 heterocycles. The Morgan fingerprint density at radius 2 is 1.81 bits per heavy atom. The van der Waals surface area contributed by atoms with Crippen molar-refractivity contribution in [3.8, 4) is 0 Å². The second-order valence-electron chi connectivity index (χ2n) is 6.72. The summed E-state index contributed by atoms with van der Waals surface area (Å²) >= 11 is 5.99. The number of rotatable bonds is 5. The van der Waals surface area contributed by atoms with Gasteiger partial charge >= 0.3 is 6.03 Å². The molecule has 2 aromatic rings. The number of carbonyl (C=O) groups excluding carboxylic acids is 1. The van der Waals surface area contributed by atoms with Gasteiger partial charge in [0.1, 0.15) is 0 Å². The monoisotopic (exact) mass is 371 g/mol. The van der Waals surface area contributed by atoms with Gasteiger partial charge < -0.3 is 10.2 Å². The third-order valence-corrected chi connectivity index (χ3v) is 5.25. The molecule has 1 atom stereocenters. The number of halogens is 1. The summed E-state index contributed by atoms with van der Waals surface area (Å²) in [6.45, 7) is 6.19. The van der Waals surface area contributed by atoms with Gasteiger partial charge in [0.05, 0.1) is 0 Å². The van der Waals surface area contributed by atoms with E-state index in [1.54, 1.807) is 0 Å². The Labute approximate surface area is 160 Å². The van der Waals surface area contributed by atoms with Gasteiger partial charge in [-0.15, -0.1) is 0 Å². The molecule has 0 aromatic heterocycles. The summed E-state index contributed by atoms with van der Waals surface area (Å²) in [4.78, 5) is 16.7. The van der Waals surface area contributed by atoms with E-state index >= 15 is 0 Å². The first-order valence-electron chi connectivity index (χ1n) is 9.20. The Morgan fingerprint density at radius 1 is 1.08 bits per heavy atom. The number of carbonyl (C=O) groups is 1. The number of hydrogen-bond acceptors (Lipinski definition) is 2. The Morgan fingerprint density at radius 3 is 2.50 bits per heavy atom. The maximum Gasteiger partial charge on any atom is 0.317 e. The second-order valence-corrected chi connectivity index (χ2v) is 7.16. The molecule has 4 nitrogen and oxygen atoms in total. The van der Waals surface area contributed by atoms with Crippen LogP contribution in [0.2, 0.25) is 5.02 Å². The number of amides is 2. The lowest BCUT2D eigenvalue weighted by Crippen LogP contribution is -2.52. The van der Waals surface area contributed by atoms with E-state index in [1.165, 1.54) is 5.56 Å². The van der Waals surface area contributed by atoms with E-state index in [-0.39, 0.29) is 6.03 Å². The number of urea groups is 1. The lowest BCUT2D eigenvalue weighted by Gasteiger charge is -2.38. The highest BCUT2D eigenvalue weighted by molar-refractivity contribution is 6.30. The van der Waals surface area contributed by atoms with Crippen LogP contribution in [0.1, 0.15) is 24.1 Å². The summed E-state index contributed by atoms with van der Waals surface area (Å²) in [5.41, 5.74) is 2.46. The highest BCUT2D eigenvalue weighted by Crippen LogP contribution is 2.21. The van der Waals surface area contributed by atoms with E-state index in [0.717, 1.165) is 43.2 Å². The van der Waals surface area contributed by atoms with Gasteiger partial charge in [0, 0.05) is 43.8 Å². The molecule has 0 bridgehead atoms. The second kappa shape index (κ2) is 9.06. The van der Waals surface area contributed by atoms with E-state index in [1.807, 2.05) is 35.2 Å². The molecule has 0 spiro atoms. The zero-order valence-corrected chi connectivity index (χ0v) is 16.0. The van der Waals surface area contributed by atoms with E-state index < -0.39 is 0 Å². The van der Waals surface area contributed by atoms with Crippen molar-refractivity contribution in [2.24, 2.45) is 0 Å². The summed E-state index contributed by atoms with van der Waals surface area (Å²) in [6.07, 6.45) is 0.789. The van der Waals surface area contributed by atoms with Crippen LogP contribution in [0.5, 0.6) is 0 Å². The first-order valence-corrected chi connectivity index (χ1v) is 9.57. The van der Waals surface area contributed by atoms with Crippen LogP contribution in [0, 0.1) is 0 Å². The molecule has 0 aliphatic carbocycles. The quantitative estimate of drug-likeness (QED) is 0.863. The molecule has 1 N–H and O–H groups in total. The molecule has 1 fully saturated rings. The average molecular weight is 372 g/mol. The third-order valence-electron chi connectivity index (χ3n) is 5.01. The van der Waals surface area contributed by atoms with Crippen LogP contribution in [0.15, 0.2) is 54.6 Å². The largest absolute Gasteiger partial charge is 0.338 e. The number of piperazine rings is 1. The first kappa shape index (κ1) is 18.7. The highest BCUT2D eigenvalue weighted by Gasteiger charge is 2.24. The van der Waals surface area contributed by atoms with Crippen molar-refractivity contribution < 1.29 is 4.79 Å². The van der Waals surface area contributed by atoms with Gasteiger partial charge in [-0.25, -0.2) is 4.79 Å².